The summed E-state index contributed by atoms with van der Waals surface area (Å²) in [6.07, 6.45) is 25.2. The van der Waals surface area contributed by atoms with Gasteiger partial charge in [-0.25, -0.2) is 63.2 Å². The maximum absolute atomic E-state index is 13.3. The smallest absolute Gasteiger partial charge is 0.410 e. The molecule has 4 aliphatic rings. The number of hydrogen-bond donors (Lipinski definition) is 2. The highest BCUT2D eigenvalue weighted by Crippen LogP contribution is 2.40. The summed E-state index contributed by atoms with van der Waals surface area (Å²) in [7, 11) is -12.6. The molecule has 12 rings (SSSR count). The summed E-state index contributed by atoms with van der Waals surface area (Å²) >= 11 is 3.28. The first kappa shape index (κ1) is 107. The molecule has 1 aliphatic carbocycles. The molecule has 4 aromatic carbocycles. The van der Waals surface area contributed by atoms with Crippen molar-refractivity contribution in [3.63, 3.8) is 0 Å². The van der Waals surface area contributed by atoms with Crippen LogP contribution in [-0.2, 0) is 68.7 Å². The summed E-state index contributed by atoms with van der Waals surface area (Å²) in [4.78, 5) is 64.8. The molecule has 0 radical (unpaired) electrons. The first-order chi connectivity index (χ1) is 53.5. The molecule has 1 saturated carbocycles. The fraction of sp³-hybridized carbons (Fsp3) is 0.437. The maximum Gasteiger partial charge on any atom is 0.410 e. The number of pyridine rings is 2. The Morgan fingerprint density at radius 1 is 0.487 bits per heavy atom. The van der Waals surface area contributed by atoms with Crippen molar-refractivity contribution in [1.29, 1.82) is 21.0 Å². The minimum atomic E-state index is -3.26. The van der Waals surface area contributed by atoms with Gasteiger partial charge in [-0.05, 0) is 212 Å². The molecule has 0 atom stereocenters. The fourth-order valence-electron chi connectivity index (χ4n) is 12.9. The van der Waals surface area contributed by atoms with Gasteiger partial charge in [0, 0.05) is 87.2 Å². The highest BCUT2D eigenvalue weighted by molar-refractivity contribution is 9.08. The summed E-state index contributed by atoms with van der Waals surface area (Å²) < 4.78 is 96.2. The molecule has 119 heavy (non-hydrogen) atoms. The lowest BCUT2D eigenvalue weighted by Crippen LogP contribution is -2.43. The molecule has 3 saturated heterocycles. The fourth-order valence-corrected chi connectivity index (χ4v) is 15.8. The highest BCUT2D eigenvalue weighted by Gasteiger charge is 2.38. The lowest BCUT2D eigenvalue weighted by molar-refractivity contribution is 0.0198. The van der Waals surface area contributed by atoms with Crippen LogP contribution in [0.1, 0.15) is 172 Å². The van der Waals surface area contributed by atoms with Crippen molar-refractivity contribution in [2.75, 3.05) is 64.3 Å². The van der Waals surface area contributed by atoms with Crippen molar-refractivity contribution in [3.8, 4) is 47.1 Å². The molecule has 26 nitrogen and oxygen atoms in total. The number of carboxylic acid groups (broad SMARTS) is 1. The number of aromatic nitrogens is 6. The zero-order chi connectivity index (χ0) is 82.7. The average Bonchev–Trinajstić information content (AvgIpc) is 0.791. The third kappa shape index (κ3) is 33.3. The zero-order valence-electron chi connectivity index (χ0n) is 64.7. The molecule has 7 heterocycles. The Kier molecular flexibility index (Phi) is 44.0. The lowest BCUT2D eigenvalue weighted by atomic mass is 9.71. The minimum absolute atomic E-state index is 0. The Morgan fingerprint density at radius 3 is 1.17 bits per heavy atom. The van der Waals surface area contributed by atoms with Crippen molar-refractivity contribution < 1.29 is 57.9 Å². The number of nitrogens with one attached hydrogen (secondary N) is 1. The monoisotopic (exact) mass is 1790 g/mol. The number of halogens is 2. The van der Waals surface area contributed by atoms with Crippen LogP contribution in [0.4, 0.5) is 4.79 Å². The van der Waals surface area contributed by atoms with Crippen LogP contribution in [0, 0.1) is 67.5 Å². The second-order valence-corrected chi connectivity index (χ2v) is 37.9. The number of carboxylic acids is 1. The largest absolute Gasteiger partial charge is 0.478 e. The van der Waals surface area contributed by atoms with Gasteiger partial charge in [-0.1, -0.05) is 121 Å². The van der Waals surface area contributed by atoms with Crippen molar-refractivity contribution >= 4 is 85.7 Å². The number of piperidine rings is 3. The molecule has 3 aliphatic heterocycles. The predicted octanol–water partition coefficient (Wildman–Crippen LogP) is 16.5. The van der Waals surface area contributed by atoms with Gasteiger partial charge in [0.05, 0.1) is 82.6 Å². The van der Waals surface area contributed by atoms with E-state index in [4.69, 9.17) is 15.1 Å². The predicted molar refractivity (Wildman–Crippen MR) is 471 cm³/mol. The summed E-state index contributed by atoms with van der Waals surface area (Å²) in [5.41, 5.74) is 5.00. The number of alkyl halides is 1. The topological polar surface area (TPSA) is 408 Å². The van der Waals surface area contributed by atoms with Gasteiger partial charge in [0.15, 0.2) is 39.3 Å². The van der Waals surface area contributed by atoms with Gasteiger partial charge in [0.2, 0.25) is 0 Å². The summed E-state index contributed by atoms with van der Waals surface area (Å²) in [5, 5.41) is 50.5. The number of amides is 2. The molecular formula is C87H115BrClN13O13S4. The van der Waals surface area contributed by atoms with Crippen LogP contribution >= 0.6 is 28.3 Å². The van der Waals surface area contributed by atoms with E-state index in [1.807, 2.05) is 45.0 Å². The van der Waals surface area contributed by atoms with Gasteiger partial charge in [-0.3, -0.25) is 14.8 Å². The normalized spacial score (nSPS) is 15.0. The molecular weight excluding hydrogens is 1680 g/mol. The molecule has 644 valence electrons. The molecule has 0 unspecified atom stereocenters. The molecule has 8 aromatic rings. The van der Waals surface area contributed by atoms with Crippen LogP contribution in [0.15, 0.2) is 190 Å². The summed E-state index contributed by atoms with van der Waals surface area (Å²) in [6, 6.07) is 46.8. The number of nitriles is 4. The van der Waals surface area contributed by atoms with E-state index in [9.17, 15) is 63.8 Å². The Labute approximate surface area is 720 Å². The van der Waals surface area contributed by atoms with Crippen molar-refractivity contribution in [3.05, 3.63) is 204 Å². The number of nitrogens with zero attached hydrogens (tertiary/aromatic N) is 12. The number of carbonyl (C=O) groups excluding carboxylic acids is 2. The second kappa shape index (κ2) is 48.9. The number of rotatable bonds is 15. The van der Waals surface area contributed by atoms with Crippen LogP contribution in [-0.4, -0.2) is 166 Å². The first-order valence-corrected chi connectivity index (χ1v) is 45.1. The van der Waals surface area contributed by atoms with Gasteiger partial charge >= 0.3 is 12.1 Å². The zero-order valence-corrected chi connectivity index (χ0v) is 70.4. The van der Waals surface area contributed by atoms with Crippen molar-refractivity contribution in [1.82, 2.24) is 45.0 Å². The van der Waals surface area contributed by atoms with E-state index in [2.05, 4.69) is 75.4 Å². The van der Waals surface area contributed by atoms with E-state index in [-0.39, 0.29) is 88.7 Å². The van der Waals surface area contributed by atoms with E-state index < -0.39 is 56.3 Å². The van der Waals surface area contributed by atoms with Crippen LogP contribution in [0.25, 0.3) is 22.8 Å². The standard InChI is InChI=1S/C24H23N5O3S.C15H19NO2S.C14H18N2O2S.C11H18N2O2.C10H7N3O2.C8H9BrO2S.5CH4.ClH/c1-33(31,32)19-6-4-18(5-7-19)15-24(16-25)9-13-29(14-10-24)23(30)20-3-2-11-27-22(20)21-8-12-26-17-28-21;1-19(17,18)14-7-5-13(6-8-14)11-15(12-16)9-3-2-4-10-15;1-19(17,18)13-4-2-12(3-5-13)10-14(11-15)6-8-16-9-7-14;1-11(2,3)15-10(14)13-6-4-9(8-12)5-7-13;14-10(15)7-2-1-4-12-9(7)8-3-5-11-6-13-8;1-12(10,11)8-4-2-7(6-9)3-5-8;;;;;;/h2-8,11-12,17H,9-10,13-15H2,1H3;5-8H,2-4,9-11H2,1H3;2-5,16H,6-10H2,1H3;9H,4-7H2,1-3H3;1-6H,(H,14,15);2-5H,6H2,1H3;5*1H4;1H. The number of hydrogen-bond acceptors (Lipinski definition) is 23. The number of benzene rings is 4. The first-order valence-electron chi connectivity index (χ1n) is 36.5. The van der Waals surface area contributed by atoms with E-state index in [1.54, 1.807) is 132 Å². The van der Waals surface area contributed by atoms with Crippen molar-refractivity contribution in [2.24, 2.45) is 22.2 Å². The van der Waals surface area contributed by atoms with Crippen molar-refractivity contribution in [2.45, 2.75) is 178 Å². The van der Waals surface area contributed by atoms with Gasteiger partial charge in [-0.2, -0.15) is 21.0 Å². The van der Waals surface area contributed by atoms with Gasteiger partial charge < -0.3 is 25.0 Å². The van der Waals surface area contributed by atoms with E-state index >= 15 is 0 Å². The Morgan fingerprint density at radius 2 is 0.840 bits per heavy atom. The Bertz CT molecular complexity index is 5070. The summed E-state index contributed by atoms with van der Waals surface area (Å²) in [5.74, 6) is -1.05. The Hall–Kier alpha value is -9.96. The molecule has 4 fully saturated rings. The molecule has 2 N–H and O–H groups in total. The van der Waals surface area contributed by atoms with E-state index in [1.165, 1.54) is 56.4 Å². The minimum Gasteiger partial charge on any atom is -0.478 e. The Balaban J connectivity index is 0.000000731. The molecule has 0 spiro atoms. The lowest BCUT2D eigenvalue weighted by Gasteiger charge is -2.37. The van der Waals surface area contributed by atoms with Gasteiger partial charge in [0.25, 0.3) is 5.91 Å². The van der Waals surface area contributed by atoms with Crippen LogP contribution < -0.4 is 5.32 Å². The third-order valence-corrected chi connectivity index (χ3v) is 24.5. The molecule has 2 amide bonds. The molecule has 0 bridgehead atoms. The summed E-state index contributed by atoms with van der Waals surface area (Å²) in [6.45, 7) is 9.47. The third-order valence-electron chi connectivity index (χ3n) is 19.3. The van der Waals surface area contributed by atoms with Gasteiger partial charge in [0.1, 0.15) is 29.6 Å². The SMILES string of the molecule is C.C.C.C.C.CC(C)(C)OC(=O)N1CCC(C#N)CC1.CS(=O)(=O)c1ccc(CBr)cc1.CS(=O)(=O)c1ccc(CC2(C#N)CCCCC2)cc1.CS(=O)(=O)c1ccc(CC2(C#N)CCN(C(=O)c3cccnc3-c3ccncn3)CC2)cc1.CS(=O)(=O)c1ccc(CC2(C#N)CCNCC2)cc1.Cl.O=C(O)c1cccnc1-c1ccncn1. The van der Waals surface area contributed by atoms with E-state index in [0.29, 0.717) is 94.9 Å². The molecule has 32 heteroatoms. The molecule has 4 aromatic heterocycles. The number of carbonyl (C=O) groups is 3. The highest BCUT2D eigenvalue weighted by atomic mass is 79.9. The van der Waals surface area contributed by atoms with E-state index in [0.717, 1.165) is 98.5 Å². The van der Waals surface area contributed by atoms with Crippen LogP contribution in [0.5, 0.6) is 0 Å². The van der Waals surface area contributed by atoms with Gasteiger partial charge in [-0.15, -0.1) is 12.4 Å². The maximum atomic E-state index is 13.3. The average molecular weight is 1790 g/mol. The quantitative estimate of drug-likeness (QED) is 0.0900. The second-order valence-electron chi connectivity index (χ2n) is 29.3. The number of sulfone groups is 4. The number of aromatic carboxylic acids is 1. The van der Waals surface area contributed by atoms with Crippen LogP contribution in [0.3, 0.4) is 0 Å². The number of likely N-dealkylation sites (tertiary alicyclic amines) is 2. The number of ether oxygens (including phenoxy) is 1. The van der Waals surface area contributed by atoms with Crippen LogP contribution in [0.2, 0.25) is 0 Å².